The summed E-state index contributed by atoms with van der Waals surface area (Å²) in [5.41, 5.74) is 3.61. The van der Waals surface area contributed by atoms with Crippen molar-refractivity contribution in [2.24, 2.45) is 4.99 Å². The van der Waals surface area contributed by atoms with Crippen molar-refractivity contribution in [3.8, 4) is 5.69 Å². The molecule has 4 heterocycles. The van der Waals surface area contributed by atoms with E-state index in [2.05, 4.69) is 31.7 Å². The van der Waals surface area contributed by atoms with Gasteiger partial charge in [-0.1, -0.05) is 6.07 Å². The van der Waals surface area contributed by atoms with E-state index in [1.54, 1.807) is 12.4 Å². The fourth-order valence-corrected chi connectivity index (χ4v) is 4.20. The summed E-state index contributed by atoms with van der Waals surface area (Å²) in [4.78, 5) is 19.6. The van der Waals surface area contributed by atoms with Gasteiger partial charge in [-0.25, -0.2) is 9.38 Å². The van der Waals surface area contributed by atoms with E-state index >= 15 is 0 Å². The Hall–Kier alpha value is -3.22. The zero-order chi connectivity index (χ0) is 20.1. The summed E-state index contributed by atoms with van der Waals surface area (Å²) in [6, 6.07) is 8.35. The maximum atomic E-state index is 14.3. The molecule has 6 nitrogen and oxygen atoms in total. The van der Waals surface area contributed by atoms with E-state index in [4.69, 9.17) is 0 Å². The standard InChI is InChI=1S/C22H22FN5O/c1-14-18-13-25-28(21-19(23)8-4-9-24-21)22(29)20(18)15(2)27(14)17-7-3-6-16(12-17)26-10-5-11-26/h3,6-7,9,12-13H,4-5,8,10-11H2,1-2H3. The maximum absolute atomic E-state index is 14.3. The van der Waals surface area contributed by atoms with Crippen LogP contribution in [0.15, 0.2) is 46.1 Å². The van der Waals surface area contributed by atoms with E-state index in [1.165, 1.54) is 12.1 Å². The molecule has 0 N–H and O–H groups in total. The molecule has 5 rings (SSSR count). The Morgan fingerprint density at radius 1 is 1.10 bits per heavy atom. The number of hydrogen-bond acceptors (Lipinski definition) is 4. The third-order valence-corrected chi connectivity index (χ3v) is 5.86. The van der Waals surface area contributed by atoms with Gasteiger partial charge in [-0.2, -0.15) is 9.78 Å². The molecule has 148 valence electrons. The molecule has 2 aromatic heterocycles. The van der Waals surface area contributed by atoms with Crippen LogP contribution < -0.4 is 10.5 Å². The summed E-state index contributed by atoms with van der Waals surface area (Å²) in [7, 11) is 0. The second-order valence-corrected chi connectivity index (χ2v) is 7.60. The van der Waals surface area contributed by atoms with Gasteiger partial charge in [-0.05, 0) is 44.9 Å². The van der Waals surface area contributed by atoms with E-state index in [0.29, 0.717) is 11.8 Å². The van der Waals surface area contributed by atoms with Crippen LogP contribution in [0.3, 0.4) is 0 Å². The zero-order valence-electron chi connectivity index (χ0n) is 16.5. The third kappa shape index (κ3) is 2.72. The number of anilines is 1. The largest absolute Gasteiger partial charge is 0.371 e. The number of halogens is 1. The van der Waals surface area contributed by atoms with Gasteiger partial charge in [0.25, 0.3) is 5.56 Å². The van der Waals surface area contributed by atoms with Crippen molar-refractivity contribution in [1.82, 2.24) is 14.3 Å². The van der Waals surface area contributed by atoms with E-state index in [-0.39, 0.29) is 17.8 Å². The predicted octanol–water partition coefficient (Wildman–Crippen LogP) is 3.97. The van der Waals surface area contributed by atoms with Crippen LogP contribution in [0.1, 0.15) is 30.7 Å². The Labute approximate surface area is 167 Å². The van der Waals surface area contributed by atoms with Crippen LogP contribution >= 0.6 is 0 Å². The minimum Gasteiger partial charge on any atom is -0.371 e. The summed E-state index contributed by atoms with van der Waals surface area (Å²) in [5.74, 6) is -0.412. The van der Waals surface area contributed by atoms with Crippen molar-refractivity contribution in [1.29, 1.82) is 0 Å². The average Bonchev–Trinajstić information content (AvgIpc) is 2.93. The van der Waals surface area contributed by atoms with Crippen molar-refractivity contribution in [2.75, 3.05) is 18.0 Å². The number of aryl methyl sites for hydroxylation is 2. The third-order valence-electron chi connectivity index (χ3n) is 5.86. The lowest BCUT2D eigenvalue weighted by atomic mass is 10.1. The van der Waals surface area contributed by atoms with Crippen molar-refractivity contribution < 1.29 is 4.39 Å². The first-order valence-corrected chi connectivity index (χ1v) is 9.93. The molecule has 1 aromatic carbocycles. The average molecular weight is 391 g/mol. The zero-order valence-corrected chi connectivity index (χ0v) is 16.5. The van der Waals surface area contributed by atoms with Gasteiger partial charge < -0.3 is 9.47 Å². The van der Waals surface area contributed by atoms with Crippen LogP contribution in [0.25, 0.3) is 22.3 Å². The Balaban J connectivity index is 1.70. The van der Waals surface area contributed by atoms with Crippen molar-refractivity contribution in [3.05, 3.63) is 58.0 Å². The molecule has 1 fully saturated rings. The molecule has 0 unspecified atom stereocenters. The van der Waals surface area contributed by atoms with E-state index in [9.17, 15) is 9.18 Å². The first kappa shape index (κ1) is 17.8. The van der Waals surface area contributed by atoms with E-state index in [1.807, 2.05) is 26.0 Å². The highest BCUT2D eigenvalue weighted by atomic mass is 19.1. The monoisotopic (exact) mass is 391 g/mol. The molecule has 29 heavy (non-hydrogen) atoms. The summed E-state index contributed by atoms with van der Waals surface area (Å²) < 4.78 is 17.4. The molecule has 0 bridgehead atoms. The second kappa shape index (κ2) is 6.69. The number of benzene rings is 1. The molecule has 0 spiro atoms. The number of rotatable bonds is 3. The summed E-state index contributed by atoms with van der Waals surface area (Å²) in [6.45, 7) is 6.05. The number of hydrogen-bond donors (Lipinski definition) is 0. The molecule has 3 aromatic rings. The normalized spacial score (nSPS) is 16.6. The van der Waals surface area contributed by atoms with Gasteiger partial charge in [0.1, 0.15) is 5.83 Å². The Bertz CT molecular complexity index is 1250. The minimum atomic E-state index is -0.405. The fraction of sp³-hybridized carbons (Fsp3) is 0.318. The van der Waals surface area contributed by atoms with Crippen LogP contribution in [-0.4, -0.2) is 33.7 Å². The van der Waals surface area contributed by atoms with Gasteiger partial charge in [0.05, 0.1) is 11.6 Å². The molecular formula is C22H22FN5O. The second-order valence-electron chi connectivity index (χ2n) is 7.60. The summed E-state index contributed by atoms with van der Waals surface area (Å²) in [5, 5.41) is 5.55. The van der Waals surface area contributed by atoms with Crippen LogP contribution in [0, 0.1) is 13.8 Å². The lowest BCUT2D eigenvalue weighted by Crippen LogP contribution is -2.36. The summed E-state index contributed by atoms with van der Waals surface area (Å²) >= 11 is 0. The quantitative estimate of drug-likeness (QED) is 0.679. The number of aromatic nitrogens is 3. The SMILES string of the molecule is Cc1c2cnn(C3=C(F)CCC=N3)c(=O)c2c(C)n1-c1cccc(N2CCC2)c1. The Morgan fingerprint density at radius 2 is 1.90 bits per heavy atom. The maximum Gasteiger partial charge on any atom is 0.282 e. The molecule has 7 heteroatoms. The molecule has 2 aliphatic rings. The lowest BCUT2D eigenvalue weighted by Gasteiger charge is -2.33. The fourth-order valence-electron chi connectivity index (χ4n) is 4.20. The lowest BCUT2D eigenvalue weighted by molar-refractivity contribution is 0.580. The molecular weight excluding hydrogens is 369 g/mol. The highest BCUT2D eigenvalue weighted by molar-refractivity contribution is 5.88. The highest BCUT2D eigenvalue weighted by Gasteiger charge is 2.21. The molecule has 2 aliphatic heterocycles. The van der Waals surface area contributed by atoms with Gasteiger partial charge in [0.15, 0.2) is 5.82 Å². The minimum absolute atomic E-state index is 0.00673. The van der Waals surface area contributed by atoms with Gasteiger partial charge in [0, 0.05) is 53.9 Å². The number of fused-ring (bicyclic) bond motifs is 1. The van der Waals surface area contributed by atoms with Crippen LogP contribution in [-0.2, 0) is 0 Å². The Morgan fingerprint density at radius 3 is 2.62 bits per heavy atom. The topological polar surface area (TPSA) is 55.4 Å². The number of nitrogens with zero attached hydrogens (tertiary/aromatic N) is 5. The van der Waals surface area contributed by atoms with Crippen molar-refractivity contribution in [2.45, 2.75) is 33.1 Å². The van der Waals surface area contributed by atoms with E-state index in [0.717, 1.165) is 40.2 Å². The van der Waals surface area contributed by atoms with Gasteiger partial charge in [-0.3, -0.25) is 4.79 Å². The van der Waals surface area contributed by atoms with Gasteiger partial charge in [-0.15, -0.1) is 0 Å². The molecule has 0 atom stereocenters. The Kier molecular flexibility index (Phi) is 4.12. The molecule has 0 saturated carbocycles. The molecule has 1 saturated heterocycles. The molecule has 0 aliphatic carbocycles. The van der Waals surface area contributed by atoms with Gasteiger partial charge in [0.2, 0.25) is 0 Å². The first-order valence-electron chi connectivity index (χ1n) is 9.93. The van der Waals surface area contributed by atoms with Gasteiger partial charge >= 0.3 is 0 Å². The first-order chi connectivity index (χ1) is 14.1. The highest BCUT2D eigenvalue weighted by Crippen LogP contribution is 2.30. The van der Waals surface area contributed by atoms with Crippen LogP contribution in [0.2, 0.25) is 0 Å². The van der Waals surface area contributed by atoms with Crippen LogP contribution in [0.5, 0.6) is 0 Å². The predicted molar refractivity (Wildman–Crippen MR) is 114 cm³/mol. The van der Waals surface area contributed by atoms with E-state index < -0.39 is 5.83 Å². The number of allylic oxidation sites excluding steroid dienone is 1. The summed E-state index contributed by atoms with van der Waals surface area (Å²) in [6.07, 6.45) is 5.26. The smallest absolute Gasteiger partial charge is 0.282 e. The molecule has 0 amide bonds. The van der Waals surface area contributed by atoms with Crippen molar-refractivity contribution in [3.63, 3.8) is 0 Å². The van der Waals surface area contributed by atoms with Crippen molar-refractivity contribution >= 4 is 28.5 Å². The number of aliphatic imine (C=N–C) groups is 1. The molecule has 0 radical (unpaired) electrons. The van der Waals surface area contributed by atoms with Crippen LogP contribution in [0.4, 0.5) is 10.1 Å².